The summed E-state index contributed by atoms with van der Waals surface area (Å²) in [6.07, 6.45) is 1.66. The largest absolute Gasteiger partial charge is 0.353 e. The van der Waals surface area contributed by atoms with Gasteiger partial charge in [0.25, 0.3) is 0 Å². The van der Waals surface area contributed by atoms with Crippen LogP contribution in [0, 0.1) is 0 Å². The normalized spacial score (nSPS) is 13.3. The molecule has 3 aromatic carbocycles. The van der Waals surface area contributed by atoms with Crippen LogP contribution >= 0.6 is 0 Å². The van der Waals surface area contributed by atoms with Crippen LogP contribution in [0.5, 0.6) is 0 Å². The zero-order chi connectivity index (χ0) is 26.6. The van der Waals surface area contributed by atoms with E-state index in [2.05, 4.69) is 25.1 Å². The number of nitrogens with zero attached hydrogens (tertiary/aromatic N) is 4. The van der Waals surface area contributed by atoms with Crippen LogP contribution in [0.4, 0.5) is 27.8 Å². The summed E-state index contributed by atoms with van der Waals surface area (Å²) in [5.74, 6) is 1.44. The summed E-state index contributed by atoms with van der Waals surface area (Å²) in [5.41, 5.74) is 3.26. The number of piperazine rings is 1. The van der Waals surface area contributed by atoms with Gasteiger partial charge in [-0.25, -0.2) is 9.78 Å². The van der Waals surface area contributed by atoms with E-state index in [-0.39, 0.29) is 11.5 Å². The number of fused-ring (bicyclic) bond motifs is 1. The first-order valence-corrected chi connectivity index (χ1v) is 12.9. The molecule has 6 rings (SSSR count). The molecule has 194 valence electrons. The first kappa shape index (κ1) is 24.2. The Morgan fingerprint density at radius 3 is 2.03 bits per heavy atom. The molecular weight excluding hydrogens is 488 g/mol. The van der Waals surface area contributed by atoms with Crippen LogP contribution in [-0.2, 0) is 0 Å². The average molecular weight is 517 g/mol. The lowest BCUT2D eigenvalue weighted by Gasteiger charge is -2.35. The third-order valence-electron chi connectivity index (χ3n) is 6.86. The minimum Gasteiger partial charge on any atom is -0.353 e. The molecule has 1 aliphatic heterocycles. The Labute approximate surface area is 226 Å². The first-order valence-electron chi connectivity index (χ1n) is 12.9. The molecule has 3 heterocycles. The van der Waals surface area contributed by atoms with E-state index >= 15 is 0 Å². The van der Waals surface area contributed by atoms with Gasteiger partial charge in [0.05, 0.1) is 10.9 Å². The molecular formula is C31H28N6O2. The van der Waals surface area contributed by atoms with E-state index in [0.717, 1.165) is 28.4 Å². The highest BCUT2D eigenvalue weighted by molar-refractivity contribution is 5.89. The molecule has 8 heteroatoms. The SMILES string of the molecule is O=C(Nc1ccccc1)N1CCN(c2cc3c(cn2)c(=O)cc(Nc2ccccc2)n3-c2ccccc2)CC1. The van der Waals surface area contributed by atoms with Gasteiger partial charge < -0.3 is 20.4 Å². The van der Waals surface area contributed by atoms with Crippen molar-refractivity contribution in [2.24, 2.45) is 0 Å². The summed E-state index contributed by atoms with van der Waals surface area (Å²) < 4.78 is 2.05. The molecule has 2 amide bonds. The maximum atomic E-state index is 13.2. The van der Waals surface area contributed by atoms with Gasteiger partial charge in [0.2, 0.25) is 0 Å². The fourth-order valence-corrected chi connectivity index (χ4v) is 4.86. The lowest BCUT2D eigenvalue weighted by Crippen LogP contribution is -2.50. The number of urea groups is 1. The van der Waals surface area contributed by atoms with E-state index in [1.807, 2.05) is 102 Å². The van der Waals surface area contributed by atoms with Crippen molar-refractivity contribution in [3.05, 3.63) is 120 Å². The molecule has 0 radical (unpaired) electrons. The van der Waals surface area contributed by atoms with Crippen LogP contribution in [0.15, 0.2) is 114 Å². The Balaban J connectivity index is 1.31. The number of rotatable bonds is 5. The minimum absolute atomic E-state index is 0.0999. The number of para-hydroxylation sites is 3. The van der Waals surface area contributed by atoms with Crippen molar-refractivity contribution in [1.29, 1.82) is 0 Å². The summed E-state index contributed by atoms with van der Waals surface area (Å²) in [7, 11) is 0. The molecule has 0 atom stereocenters. The van der Waals surface area contributed by atoms with E-state index in [1.54, 1.807) is 12.3 Å². The minimum atomic E-state index is -0.109. The van der Waals surface area contributed by atoms with Crippen molar-refractivity contribution < 1.29 is 4.79 Å². The average Bonchev–Trinajstić information content (AvgIpc) is 2.99. The Kier molecular flexibility index (Phi) is 6.66. The highest BCUT2D eigenvalue weighted by atomic mass is 16.2. The summed E-state index contributed by atoms with van der Waals surface area (Å²) in [5, 5.41) is 6.92. The van der Waals surface area contributed by atoms with E-state index in [1.165, 1.54) is 0 Å². The summed E-state index contributed by atoms with van der Waals surface area (Å²) in [6.45, 7) is 2.41. The van der Waals surface area contributed by atoms with E-state index < -0.39 is 0 Å². The van der Waals surface area contributed by atoms with Crippen molar-refractivity contribution in [1.82, 2.24) is 14.5 Å². The lowest BCUT2D eigenvalue weighted by atomic mass is 10.2. The molecule has 0 unspecified atom stereocenters. The maximum Gasteiger partial charge on any atom is 0.321 e. The number of pyridine rings is 2. The zero-order valence-electron chi connectivity index (χ0n) is 21.3. The van der Waals surface area contributed by atoms with Crippen molar-refractivity contribution >= 4 is 39.9 Å². The van der Waals surface area contributed by atoms with Crippen LogP contribution in [-0.4, -0.2) is 46.7 Å². The summed E-state index contributed by atoms with van der Waals surface area (Å²) in [4.78, 5) is 34.5. The predicted octanol–water partition coefficient (Wildman–Crippen LogP) is 5.48. The standard InChI is InChI=1S/C31H28N6O2/c38-28-21-30(33-23-10-4-1-5-11-23)37(25-14-8-3-9-15-25)27-20-29(32-22-26(27)28)35-16-18-36(19-17-35)31(39)34-24-12-6-2-7-13-24/h1-15,20-22,33H,16-19H2,(H,34,39). The van der Waals surface area contributed by atoms with Crippen molar-refractivity contribution in [3.8, 4) is 5.69 Å². The van der Waals surface area contributed by atoms with Gasteiger partial charge in [-0.2, -0.15) is 0 Å². The van der Waals surface area contributed by atoms with Gasteiger partial charge in [-0.1, -0.05) is 54.6 Å². The zero-order valence-corrected chi connectivity index (χ0v) is 21.3. The quantitative estimate of drug-likeness (QED) is 0.323. The molecule has 2 N–H and O–H groups in total. The smallest absolute Gasteiger partial charge is 0.321 e. The van der Waals surface area contributed by atoms with Crippen LogP contribution in [0.25, 0.3) is 16.6 Å². The van der Waals surface area contributed by atoms with E-state index in [9.17, 15) is 9.59 Å². The molecule has 1 fully saturated rings. The fourth-order valence-electron chi connectivity index (χ4n) is 4.86. The highest BCUT2D eigenvalue weighted by Gasteiger charge is 2.23. The molecule has 5 aromatic rings. The molecule has 0 spiro atoms. The molecule has 2 aromatic heterocycles. The molecule has 39 heavy (non-hydrogen) atoms. The second kappa shape index (κ2) is 10.7. The number of amides is 2. The number of benzene rings is 3. The number of carbonyl (C=O) groups is 1. The molecule has 0 aliphatic carbocycles. The molecule has 1 aliphatic rings. The Bertz CT molecular complexity index is 1650. The van der Waals surface area contributed by atoms with Gasteiger partial charge in [0.15, 0.2) is 5.43 Å². The molecule has 1 saturated heterocycles. The number of aromatic nitrogens is 2. The Hall–Kier alpha value is -5.11. The summed E-state index contributed by atoms with van der Waals surface area (Å²) in [6, 6.07) is 32.7. The van der Waals surface area contributed by atoms with E-state index in [4.69, 9.17) is 0 Å². The van der Waals surface area contributed by atoms with Crippen LogP contribution in [0.2, 0.25) is 0 Å². The van der Waals surface area contributed by atoms with Gasteiger partial charge in [0, 0.05) is 61.6 Å². The number of hydrogen-bond acceptors (Lipinski definition) is 5. The van der Waals surface area contributed by atoms with Crippen LogP contribution in [0.1, 0.15) is 0 Å². The van der Waals surface area contributed by atoms with E-state index in [0.29, 0.717) is 37.4 Å². The highest BCUT2D eigenvalue weighted by Crippen LogP contribution is 2.27. The third kappa shape index (κ3) is 5.17. The number of hydrogen-bond donors (Lipinski definition) is 2. The Morgan fingerprint density at radius 2 is 1.36 bits per heavy atom. The van der Waals surface area contributed by atoms with Crippen LogP contribution < -0.4 is 21.0 Å². The van der Waals surface area contributed by atoms with Crippen LogP contribution in [0.3, 0.4) is 0 Å². The monoisotopic (exact) mass is 516 g/mol. The second-order valence-electron chi connectivity index (χ2n) is 9.39. The van der Waals surface area contributed by atoms with Gasteiger partial charge in [0.1, 0.15) is 11.6 Å². The van der Waals surface area contributed by atoms with Crippen molar-refractivity contribution in [2.75, 3.05) is 41.7 Å². The van der Waals surface area contributed by atoms with Crippen molar-refractivity contribution in [3.63, 3.8) is 0 Å². The van der Waals surface area contributed by atoms with Gasteiger partial charge >= 0.3 is 6.03 Å². The summed E-state index contributed by atoms with van der Waals surface area (Å²) >= 11 is 0. The fraction of sp³-hybridized carbons (Fsp3) is 0.129. The van der Waals surface area contributed by atoms with Gasteiger partial charge in [-0.3, -0.25) is 9.36 Å². The topological polar surface area (TPSA) is 82.5 Å². The van der Waals surface area contributed by atoms with Gasteiger partial charge in [-0.15, -0.1) is 0 Å². The number of carbonyl (C=O) groups excluding carboxylic acids is 1. The Morgan fingerprint density at radius 1 is 0.744 bits per heavy atom. The predicted molar refractivity (Wildman–Crippen MR) is 156 cm³/mol. The third-order valence-corrected chi connectivity index (χ3v) is 6.86. The van der Waals surface area contributed by atoms with Gasteiger partial charge in [-0.05, 0) is 36.4 Å². The second-order valence-corrected chi connectivity index (χ2v) is 9.39. The molecule has 0 bridgehead atoms. The lowest BCUT2D eigenvalue weighted by molar-refractivity contribution is 0.208. The number of anilines is 4. The number of nitrogens with one attached hydrogen (secondary N) is 2. The maximum absolute atomic E-state index is 13.2. The first-order chi connectivity index (χ1) is 19.2. The molecule has 8 nitrogen and oxygen atoms in total. The van der Waals surface area contributed by atoms with Crippen molar-refractivity contribution in [2.45, 2.75) is 0 Å². The molecule has 0 saturated carbocycles.